The van der Waals surface area contributed by atoms with E-state index < -0.39 is 0 Å². The van der Waals surface area contributed by atoms with E-state index in [4.69, 9.17) is 20.2 Å². The second-order valence-corrected chi connectivity index (χ2v) is 10.8. The molecule has 1 unspecified atom stereocenters. The molecule has 3 N–H and O–H groups in total. The third kappa shape index (κ3) is 6.18. The summed E-state index contributed by atoms with van der Waals surface area (Å²) in [4.78, 5) is 17.4. The van der Waals surface area contributed by atoms with Crippen LogP contribution in [0.5, 0.6) is 11.5 Å². The minimum Gasteiger partial charge on any atom is -0.493 e. The van der Waals surface area contributed by atoms with Gasteiger partial charge in [-0.3, -0.25) is 4.90 Å². The lowest BCUT2D eigenvalue weighted by Crippen LogP contribution is -2.44. The number of methoxy groups -OCH3 is 1. The number of anilines is 1. The average Bonchev–Trinajstić information content (AvgIpc) is 3.21. The molecule has 0 bridgehead atoms. The van der Waals surface area contributed by atoms with Crippen LogP contribution in [0.4, 0.5) is 5.82 Å². The van der Waals surface area contributed by atoms with Crippen molar-refractivity contribution in [2.45, 2.75) is 31.2 Å². The minimum atomic E-state index is 0.0965. The van der Waals surface area contributed by atoms with Crippen LogP contribution in [-0.2, 0) is 0 Å². The van der Waals surface area contributed by atoms with Crippen LogP contribution in [-0.4, -0.2) is 66.3 Å². The van der Waals surface area contributed by atoms with Crippen LogP contribution in [0.15, 0.2) is 29.4 Å². The lowest BCUT2D eigenvalue weighted by molar-refractivity contribution is 0.188. The van der Waals surface area contributed by atoms with E-state index in [-0.39, 0.29) is 5.25 Å². The quantitative estimate of drug-likeness (QED) is 0.334. The fraction of sp³-hybridized carbons (Fsp3) is 0.458. The molecule has 2 aromatic heterocycles. The van der Waals surface area contributed by atoms with Crippen LogP contribution in [0.1, 0.15) is 28.4 Å². The van der Waals surface area contributed by atoms with Gasteiger partial charge in [-0.2, -0.15) is 0 Å². The molecule has 4 rings (SSSR count). The second-order valence-electron chi connectivity index (χ2n) is 8.24. The van der Waals surface area contributed by atoms with Gasteiger partial charge in [0.2, 0.25) is 0 Å². The van der Waals surface area contributed by atoms with E-state index in [0.717, 1.165) is 66.2 Å². The average molecular weight is 501 g/mol. The summed E-state index contributed by atoms with van der Waals surface area (Å²) in [5, 5.41) is 5.10. The Hall–Kier alpha value is -2.40. The van der Waals surface area contributed by atoms with Crippen LogP contribution < -0.4 is 20.5 Å². The van der Waals surface area contributed by atoms with E-state index in [2.05, 4.69) is 34.0 Å². The number of nitrogen functional groups attached to an aromatic ring is 1. The van der Waals surface area contributed by atoms with Crippen molar-refractivity contribution in [2.75, 3.05) is 52.2 Å². The number of nitrogens with one attached hydrogen (secondary N) is 1. The molecule has 0 saturated carbocycles. The van der Waals surface area contributed by atoms with Crippen LogP contribution in [0.2, 0.25) is 0 Å². The highest BCUT2D eigenvalue weighted by Crippen LogP contribution is 2.40. The lowest BCUT2D eigenvalue weighted by Gasteiger charge is -2.27. The third-order valence-electron chi connectivity index (χ3n) is 5.64. The molecule has 3 heterocycles. The zero-order chi connectivity index (χ0) is 24.1. The van der Waals surface area contributed by atoms with Gasteiger partial charge in [0.1, 0.15) is 17.4 Å². The number of piperazine rings is 1. The number of hydrogen-bond donors (Lipinski definition) is 2. The van der Waals surface area contributed by atoms with Gasteiger partial charge >= 0.3 is 0 Å². The van der Waals surface area contributed by atoms with Crippen molar-refractivity contribution in [1.29, 1.82) is 0 Å². The first kappa shape index (κ1) is 24.7. The molecule has 0 spiro atoms. The van der Waals surface area contributed by atoms with Gasteiger partial charge in [-0.05, 0) is 39.0 Å². The predicted molar refractivity (Wildman–Crippen MR) is 139 cm³/mol. The van der Waals surface area contributed by atoms with Gasteiger partial charge in [0.05, 0.1) is 18.1 Å². The number of aryl methyl sites for hydroxylation is 2. The maximum absolute atomic E-state index is 6.14. The Morgan fingerprint density at radius 2 is 1.94 bits per heavy atom. The molecule has 1 aliphatic heterocycles. The number of ether oxygens (including phenoxy) is 2. The molecule has 1 aliphatic rings. The Morgan fingerprint density at radius 3 is 2.68 bits per heavy atom. The smallest absolute Gasteiger partial charge is 0.190 e. The van der Waals surface area contributed by atoms with Gasteiger partial charge in [-0.15, -0.1) is 11.3 Å². The number of hydrogen-bond acceptors (Lipinski definition) is 10. The van der Waals surface area contributed by atoms with Crippen molar-refractivity contribution in [1.82, 2.24) is 25.2 Å². The van der Waals surface area contributed by atoms with E-state index >= 15 is 0 Å². The fourth-order valence-electron chi connectivity index (χ4n) is 3.88. The predicted octanol–water partition coefficient (Wildman–Crippen LogP) is 3.95. The normalized spacial score (nSPS) is 15.3. The van der Waals surface area contributed by atoms with Crippen molar-refractivity contribution in [2.24, 2.45) is 0 Å². The number of thiazole rings is 1. The van der Waals surface area contributed by atoms with Crippen molar-refractivity contribution < 1.29 is 9.47 Å². The first-order valence-corrected chi connectivity index (χ1v) is 13.1. The molecule has 10 heteroatoms. The standard InChI is InChI=1S/C24H32N6O2S2/c1-15-13-21(25)28-24(27-15)34-17(3)22-16(2)33-23(29-22)18-5-6-19(31-4)20(14-18)32-12-11-30-9-7-26-8-10-30/h5-6,13-14,17,26H,7-12H2,1-4H3,(H2,25,27,28). The minimum absolute atomic E-state index is 0.0965. The van der Waals surface area contributed by atoms with Crippen molar-refractivity contribution in [3.05, 3.63) is 40.5 Å². The van der Waals surface area contributed by atoms with Gasteiger partial charge in [-0.25, -0.2) is 15.0 Å². The van der Waals surface area contributed by atoms with Gasteiger partial charge < -0.3 is 20.5 Å². The van der Waals surface area contributed by atoms with Gasteiger partial charge in [0, 0.05) is 54.9 Å². The van der Waals surface area contributed by atoms with E-state index in [0.29, 0.717) is 17.6 Å². The number of benzene rings is 1. The van der Waals surface area contributed by atoms with E-state index in [1.807, 2.05) is 25.1 Å². The molecule has 1 atom stereocenters. The van der Waals surface area contributed by atoms with Crippen molar-refractivity contribution in [3.63, 3.8) is 0 Å². The van der Waals surface area contributed by atoms with E-state index in [1.165, 1.54) is 4.88 Å². The third-order valence-corrected chi connectivity index (χ3v) is 7.64. The highest BCUT2D eigenvalue weighted by atomic mass is 32.2. The summed E-state index contributed by atoms with van der Waals surface area (Å²) in [6.45, 7) is 11.8. The monoisotopic (exact) mass is 500 g/mol. The largest absolute Gasteiger partial charge is 0.493 e. The first-order valence-electron chi connectivity index (χ1n) is 11.4. The Morgan fingerprint density at radius 1 is 1.15 bits per heavy atom. The van der Waals surface area contributed by atoms with Crippen LogP contribution in [0, 0.1) is 13.8 Å². The Kier molecular flexibility index (Phi) is 8.25. The van der Waals surface area contributed by atoms with E-state index in [1.54, 1.807) is 36.3 Å². The van der Waals surface area contributed by atoms with Crippen LogP contribution in [0.3, 0.4) is 0 Å². The molecule has 0 aliphatic carbocycles. The fourth-order valence-corrected chi connectivity index (χ4v) is 5.97. The molecule has 182 valence electrons. The van der Waals surface area contributed by atoms with Crippen LogP contribution in [0.25, 0.3) is 10.6 Å². The summed E-state index contributed by atoms with van der Waals surface area (Å²) in [5.74, 6) is 1.96. The molecule has 1 saturated heterocycles. The number of nitrogens with zero attached hydrogens (tertiary/aromatic N) is 4. The molecule has 34 heavy (non-hydrogen) atoms. The summed E-state index contributed by atoms with van der Waals surface area (Å²) in [7, 11) is 1.67. The topological polar surface area (TPSA) is 98.4 Å². The SMILES string of the molecule is COc1ccc(-c2nc(C(C)Sc3nc(C)cc(N)n3)c(C)s2)cc1OCCN1CCNCC1. The van der Waals surface area contributed by atoms with Crippen molar-refractivity contribution >= 4 is 28.9 Å². The maximum Gasteiger partial charge on any atom is 0.190 e. The molecular weight excluding hydrogens is 468 g/mol. The number of aromatic nitrogens is 3. The number of thioether (sulfide) groups is 1. The molecule has 8 nitrogen and oxygen atoms in total. The van der Waals surface area contributed by atoms with Crippen molar-refractivity contribution in [3.8, 4) is 22.1 Å². The second kappa shape index (κ2) is 11.4. The van der Waals surface area contributed by atoms with Gasteiger partial charge in [0.15, 0.2) is 16.7 Å². The summed E-state index contributed by atoms with van der Waals surface area (Å²) >= 11 is 3.25. The van der Waals surface area contributed by atoms with Crippen LogP contribution >= 0.6 is 23.1 Å². The molecule has 0 radical (unpaired) electrons. The zero-order valence-electron chi connectivity index (χ0n) is 20.1. The molecule has 1 aromatic carbocycles. The summed E-state index contributed by atoms with van der Waals surface area (Å²) in [5.41, 5.74) is 8.81. The van der Waals surface area contributed by atoms with Gasteiger partial charge in [0.25, 0.3) is 0 Å². The molecule has 0 amide bonds. The Labute approximate surface area is 209 Å². The Bertz CT molecular complexity index is 1100. The zero-order valence-corrected chi connectivity index (χ0v) is 21.8. The highest BCUT2D eigenvalue weighted by Gasteiger charge is 2.19. The van der Waals surface area contributed by atoms with E-state index in [9.17, 15) is 0 Å². The molecule has 1 fully saturated rings. The number of nitrogens with two attached hydrogens (primary N) is 1. The summed E-state index contributed by atoms with van der Waals surface area (Å²) in [6, 6.07) is 7.79. The lowest BCUT2D eigenvalue weighted by atomic mass is 10.2. The summed E-state index contributed by atoms with van der Waals surface area (Å²) < 4.78 is 11.7. The Balaban J connectivity index is 1.48. The summed E-state index contributed by atoms with van der Waals surface area (Å²) in [6.07, 6.45) is 0. The molecule has 3 aromatic rings. The number of rotatable bonds is 9. The van der Waals surface area contributed by atoms with Gasteiger partial charge in [-0.1, -0.05) is 11.8 Å². The highest BCUT2D eigenvalue weighted by molar-refractivity contribution is 7.99. The maximum atomic E-state index is 6.14. The molecular formula is C24H32N6O2S2. The first-order chi connectivity index (χ1) is 16.4.